The maximum absolute atomic E-state index is 12.2. The van der Waals surface area contributed by atoms with Gasteiger partial charge in [-0.25, -0.2) is 0 Å². The fourth-order valence-corrected chi connectivity index (χ4v) is 3.02. The predicted octanol–water partition coefficient (Wildman–Crippen LogP) is 2.48. The molecule has 0 fully saturated rings. The number of rotatable bonds is 4. The molecular weight excluding hydrogens is 294 g/mol. The fraction of sp³-hybridized carbons (Fsp3) is 0.278. The van der Waals surface area contributed by atoms with E-state index in [-0.39, 0.29) is 19.4 Å². The SMILES string of the molecule is CCOC(=O)C1(C(=O)O)Cc2ccc(-c3ccccn3)cc2C1. The third-order valence-electron chi connectivity index (χ3n) is 4.23. The van der Waals surface area contributed by atoms with Crippen LogP contribution in [0.3, 0.4) is 0 Å². The quantitative estimate of drug-likeness (QED) is 0.693. The molecule has 0 spiro atoms. The van der Waals surface area contributed by atoms with E-state index in [1.807, 2.05) is 36.4 Å². The van der Waals surface area contributed by atoms with E-state index < -0.39 is 17.4 Å². The van der Waals surface area contributed by atoms with Crippen molar-refractivity contribution >= 4 is 11.9 Å². The Morgan fingerprint density at radius 1 is 1.22 bits per heavy atom. The highest BCUT2D eigenvalue weighted by Gasteiger charge is 2.52. The van der Waals surface area contributed by atoms with Gasteiger partial charge in [0.25, 0.3) is 0 Å². The first-order valence-corrected chi connectivity index (χ1v) is 7.50. The molecule has 118 valence electrons. The molecule has 0 radical (unpaired) electrons. The molecule has 1 atom stereocenters. The minimum atomic E-state index is -1.51. The lowest BCUT2D eigenvalue weighted by molar-refractivity contribution is -0.167. The number of carbonyl (C=O) groups excluding carboxylic acids is 1. The zero-order chi connectivity index (χ0) is 16.4. The van der Waals surface area contributed by atoms with E-state index in [0.717, 1.165) is 22.4 Å². The van der Waals surface area contributed by atoms with Crippen LogP contribution in [0, 0.1) is 5.41 Å². The number of fused-ring (bicyclic) bond motifs is 1. The zero-order valence-corrected chi connectivity index (χ0v) is 12.8. The summed E-state index contributed by atoms with van der Waals surface area (Å²) >= 11 is 0. The molecule has 1 aromatic heterocycles. The summed E-state index contributed by atoms with van der Waals surface area (Å²) in [6, 6.07) is 11.3. The van der Waals surface area contributed by atoms with Crippen LogP contribution in [0.15, 0.2) is 42.6 Å². The molecule has 23 heavy (non-hydrogen) atoms. The van der Waals surface area contributed by atoms with Crippen LogP contribution in [0.4, 0.5) is 0 Å². The number of aliphatic carboxylic acids is 1. The Balaban J connectivity index is 1.97. The highest BCUT2D eigenvalue weighted by molar-refractivity contribution is 6.00. The Bertz CT molecular complexity index is 757. The van der Waals surface area contributed by atoms with E-state index in [9.17, 15) is 14.7 Å². The lowest BCUT2D eigenvalue weighted by Gasteiger charge is -2.21. The monoisotopic (exact) mass is 311 g/mol. The first kappa shape index (κ1) is 15.2. The number of nitrogens with zero attached hydrogens (tertiary/aromatic N) is 1. The summed E-state index contributed by atoms with van der Waals surface area (Å²) in [5, 5.41) is 9.61. The summed E-state index contributed by atoms with van der Waals surface area (Å²) in [5.41, 5.74) is 1.96. The van der Waals surface area contributed by atoms with Crippen LogP contribution in [-0.4, -0.2) is 28.6 Å². The van der Waals surface area contributed by atoms with E-state index in [1.54, 1.807) is 13.1 Å². The van der Waals surface area contributed by atoms with E-state index in [1.165, 1.54) is 0 Å². The van der Waals surface area contributed by atoms with Crippen molar-refractivity contribution in [1.29, 1.82) is 0 Å². The van der Waals surface area contributed by atoms with E-state index >= 15 is 0 Å². The second-order valence-electron chi connectivity index (χ2n) is 5.66. The number of hydrogen-bond donors (Lipinski definition) is 1. The molecule has 5 nitrogen and oxygen atoms in total. The third-order valence-corrected chi connectivity index (χ3v) is 4.23. The number of ether oxygens (including phenoxy) is 1. The van der Waals surface area contributed by atoms with Gasteiger partial charge >= 0.3 is 11.9 Å². The van der Waals surface area contributed by atoms with E-state index in [0.29, 0.717) is 0 Å². The maximum Gasteiger partial charge on any atom is 0.324 e. The summed E-state index contributed by atoms with van der Waals surface area (Å²) in [5.74, 6) is -1.80. The summed E-state index contributed by atoms with van der Waals surface area (Å²) in [4.78, 5) is 28.3. The number of hydrogen-bond acceptors (Lipinski definition) is 4. The number of pyridine rings is 1. The summed E-state index contributed by atoms with van der Waals surface area (Å²) < 4.78 is 5.00. The number of carboxylic acid groups (broad SMARTS) is 1. The average Bonchev–Trinajstić information content (AvgIpc) is 2.96. The van der Waals surface area contributed by atoms with Crippen molar-refractivity contribution in [3.8, 4) is 11.3 Å². The minimum absolute atomic E-state index is 0.150. The van der Waals surface area contributed by atoms with Crippen LogP contribution in [0.25, 0.3) is 11.3 Å². The highest BCUT2D eigenvalue weighted by Crippen LogP contribution is 2.40. The molecule has 2 aromatic rings. The third kappa shape index (κ3) is 2.59. The number of carbonyl (C=O) groups is 2. The molecule has 3 rings (SSSR count). The Morgan fingerprint density at radius 2 is 2.00 bits per heavy atom. The first-order chi connectivity index (χ1) is 11.1. The van der Waals surface area contributed by atoms with Gasteiger partial charge in [-0.15, -0.1) is 0 Å². The smallest absolute Gasteiger partial charge is 0.324 e. The standard InChI is InChI=1S/C18H17NO4/c1-2-23-17(22)18(16(20)21)10-13-7-6-12(9-14(13)11-18)15-5-3-4-8-19-15/h3-9H,2,10-11H2,1H3,(H,20,21). The molecule has 1 aliphatic rings. The first-order valence-electron chi connectivity index (χ1n) is 7.50. The molecule has 1 N–H and O–H groups in total. The number of carboxylic acids is 1. The number of esters is 1. The van der Waals surface area contributed by atoms with E-state index in [4.69, 9.17) is 4.74 Å². The fourth-order valence-electron chi connectivity index (χ4n) is 3.02. The zero-order valence-electron chi connectivity index (χ0n) is 12.8. The predicted molar refractivity (Wildman–Crippen MR) is 83.8 cm³/mol. The normalized spacial score (nSPS) is 19.2. The number of aromatic nitrogens is 1. The summed E-state index contributed by atoms with van der Waals surface area (Å²) in [7, 11) is 0. The van der Waals surface area contributed by atoms with E-state index in [2.05, 4.69) is 4.98 Å². The highest BCUT2D eigenvalue weighted by atomic mass is 16.5. The minimum Gasteiger partial charge on any atom is -0.480 e. The molecular formula is C18H17NO4. The van der Waals surface area contributed by atoms with Crippen LogP contribution in [0.2, 0.25) is 0 Å². The van der Waals surface area contributed by atoms with Crippen LogP contribution < -0.4 is 0 Å². The summed E-state index contributed by atoms with van der Waals surface area (Å²) in [6.07, 6.45) is 2.03. The van der Waals surface area contributed by atoms with Gasteiger partial charge in [0.1, 0.15) is 0 Å². The van der Waals surface area contributed by atoms with Gasteiger partial charge < -0.3 is 9.84 Å². The largest absolute Gasteiger partial charge is 0.480 e. The Morgan fingerprint density at radius 3 is 2.65 bits per heavy atom. The molecule has 1 unspecified atom stereocenters. The number of benzene rings is 1. The molecule has 5 heteroatoms. The Kier molecular flexibility index (Phi) is 3.86. The van der Waals surface area contributed by atoms with Gasteiger partial charge in [-0.3, -0.25) is 14.6 Å². The second kappa shape index (κ2) is 5.83. The Labute approximate surface area is 133 Å². The van der Waals surface area contributed by atoms with Crippen LogP contribution in [-0.2, 0) is 27.2 Å². The van der Waals surface area contributed by atoms with Gasteiger partial charge in [0, 0.05) is 11.8 Å². The van der Waals surface area contributed by atoms with Crippen LogP contribution in [0.1, 0.15) is 18.1 Å². The molecule has 0 saturated heterocycles. The van der Waals surface area contributed by atoms with Gasteiger partial charge in [0.05, 0.1) is 12.3 Å². The van der Waals surface area contributed by atoms with Crippen molar-refractivity contribution < 1.29 is 19.4 Å². The average molecular weight is 311 g/mol. The molecule has 1 heterocycles. The van der Waals surface area contributed by atoms with Crippen LogP contribution >= 0.6 is 0 Å². The van der Waals surface area contributed by atoms with Gasteiger partial charge in [0.15, 0.2) is 5.41 Å². The molecule has 0 saturated carbocycles. The van der Waals surface area contributed by atoms with Crippen molar-refractivity contribution in [2.24, 2.45) is 5.41 Å². The molecule has 0 bridgehead atoms. The molecule has 1 aromatic carbocycles. The van der Waals surface area contributed by atoms with Gasteiger partial charge in [-0.05, 0) is 49.1 Å². The maximum atomic E-state index is 12.2. The topological polar surface area (TPSA) is 76.5 Å². The Hall–Kier alpha value is -2.69. The molecule has 0 amide bonds. The van der Waals surface area contributed by atoms with Gasteiger partial charge in [-0.2, -0.15) is 0 Å². The van der Waals surface area contributed by atoms with Gasteiger partial charge in [-0.1, -0.05) is 18.2 Å². The van der Waals surface area contributed by atoms with Crippen molar-refractivity contribution in [2.75, 3.05) is 6.61 Å². The molecule has 1 aliphatic carbocycles. The lowest BCUT2D eigenvalue weighted by atomic mass is 9.85. The molecule has 0 aliphatic heterocycles. The van der Waals surface area contributed by atoms with Crippen molar-refractivity contribution in [2.45, 2.75) is 19.8 Å². The van der Waals surface area contributed by atoms with Crippen molar-refractivity contribution in [1.82, 2.24) is 4.98 Å². The van der Waals surface area contributed by atoms with Crippen molar-refractivity contribution in [3.05, 3.63) is 53.7 Å². The van der Waals surface area contributed by atoms with Crippen LogP contribution in [0.5, 0.6) is 0 Å². The van der Waals surface area contributed by atoms with Crippen molar-refractivity contribution in [3.63, 3.8) is 0 Å². The summed E-state index contributed by atoms with van der Waals surface area (Å²) in [6.45, 7) is 1.85. The van der Waals surface area contributed by atoms with Gasteiger partial charge in [0.2, 0.25) is 0 Å². The second-order valence-corrected chi connectivity index (χ2v) is 5.66. The lowest BCUT2D eigenvalue weighted by Crippen LogP contribution is -2.41.